The number of nitrogens with zero attached hydrogens (tertiary/aromatic N) is 1. The first-order valence-electron chi connectivity index (χ1n) is 9.49. The van der Waals surface area contributed by atoms with Gasteiger partial charge in [0.05, 0.1) is 10.6 Å². The third-order valence-electron chi connectivity index (χ3n) is 4.93. The summed E-state index contributed by atoms with van der Waals surface area (Å²) in [5.41, 5.74) is 3.69. The molecule has 0 saturated heterocycles. The molecule has 0 atom stereocenters. The molecule has 3 aromatic carbocycles. The number of aryl methyl sites for hydroxylation is 3. The molecular formula is C23H22Cl2N2O3S. The lowest BCUT2D eigenvalue weighted by Crippen LogP contribution is -2.38. The van der Waals surface area contributed by atoms with Gasteiger partial charge in [-0.1, -0.05) is 29.3 Å². The monoisotopic (exact) mass is 476 g/mol. The summed E-state index contributed by atoms with van der Waals surface area (Å²) in [5, 5.41) is 3.75. The molecule has 31 heavy (non-hydrogen) atoms. The van der Waals surface area contributed by atoms with Gasteiger partial charge in [-0.15, -0.1) is 0 Å². The van der Waals surface area contributed by atoms with Crippen molar-refractivity contribution >= 4 is 50.5 Å². The lowest BCUT2D eigenvalue weighted by atomic mass is 10.1. The first kappa shape index (κ1) is 23.1. The van der Waals surface area contributed by atoms with E-state index in [0.29, 0.717) is 21.4 Å². The Morgan fingerprint density at radius 2 is 1.48 bits per heavy atom. The van der Waals surface area contributed by atoms with Crippen LogP contribution in [0.1, 0.15) is 16.7 Å². The lowest BCUT2D eigenvalue weighted by molar-refractivity contribution is -0.114. The van der Waals surface area contributed by atoms with Crippen molar-refractivity contribution in [3.8, 4) is 0 Å². The highest BCUT2D eigenvalue weighted by molar-refractivity contribution is 7.92. The minimum Gasteiger partial charge on any atom is -0.324 e. The molecule has 0 aliphatic rings. The minimum atomic E-state index is -4.01. The van der Waals surface area contributed by atoms with Gasteiger partial charge in [0.25, 0.3) is 10.0 Å². The van der Waals surface area contributed by atoms with Crippen LogP contribution in [0, 0.1) is 20.8 Å². The van der Waals surface area contributed by atoms with E-state index in [9.17, 15) is 13.2 Å². The zero-order chi connectivity index (χ0) is 22.8. The van der Waals surface area contributed by atoms with E-state index in [2.05, 4.69) is 5.32 Å². The number of amides is 1. The molecule has 0 aliphatic carbocycles. The highest BCUT2D eigenvalue weighted by Gasteiger charge is 2.27. The lowest BCUT2D eigenvalue weighted by Gasteiger charge is -2.25. The SMILES string of the molecule is Cc1ccc(N(CC(=O)Nc2ccc(Cl)cc2C)S(=O)(=O)c2ccc(Cl)cc2)cc1C. The average molecular weight is 477 g/mol. The standard InChI is InChI=1S/C23H22Cl2N2O3S/c1-15-4-8-20(13-16(15)2)27(31(29,30)21-9-5-18(24)6-10-21)14-23(28)26-22-11-7-19(25)12-17(22)3/h4-13H,14H2,1-3H3,(H,26,28). The number of rotatable bonds is 6. The molecule has 1 N–H and O–H groups in total. The van der Waals surface area contributed by atoms with Gasteiger partial charge in [-0.05, 0) is 92.1 Å². The van der Waals surface area contributed by atoms with Gasteiger partial charge in [-0.2, -0.15) is 0 Å². The zero-order valence-corrected chi connectivity index (χ0v) is 19.6. The summed E-state index contributed by atoms with van der Waals surface area (Å²) < 4.78 is 28.0. The van der Waals surface area contributed by atoms with Gasteiger partial charge in [0.15, 0.2) is 0 Å². The normalized spacial score (nSPS) is 11.3. The van der Waals surface area contributed by atoms with Gasteiger partial charge < -0.3 is 5.32 Å². The molecule has 0 aromatic heterocycles. The molecule has 0 spiro atoms. The molecule has 0 radical (unpaired) electrons. The molecule has 0 fully saturated rings. The fourth-order valence-corrected chi connectivity index (χ4v) is 4.78. The second-order valence-electron chi connectivity index (χ2n) is 7.24. The van der Waals surface area contributed by atoms with Crippen LogP contribution in [-0.4, -0.2) is 20.9 Å². The molecule has 1 amide bonds. The first-order chi connectivity index (χ1) is 14.6. The summed E-state index contributed by atoms with van der Waals surface area (Å²) in [6.45, 7) is 5.25. The van der Waals surface area contributed by atoms with Crippen LogP contribution in [0.2, 0.25) is 10.0 Å². The van der Waals surface area contributed by atoms with Gasteiger partial charge in [0.2, 0.25) is 5.91 Å². The third-order valence-corrected chi connectivity index (χ3v) is 7.21. The third kappa shape index (κ3) is 5.39. The highest BCUT2D eigenvalue weighted by Crippen LogP contribution is 2.27. The number of sulfonamides is 1. The van der Waals surface area contributed by atoms with E-state index >= 15 is 0 Å². The molecule has 3 aromatic rings. The Balaban J connectivity index is 1.98. The molecule has 0 aliphatic heterocycles. The topological polar surface area (TPSA) is 66.5 Å². The molecule has 0 heterocycles. The first-order valence-corrected chi connectivity index (χ1v) is 11.7. The van der Waals surface area contributed by atoms with Crippen LogP contribution in [0.3, 0.4) is 0 Å². The van der Waals surface area contributed by atoms with Crippen LogP contribution in [0.4, 0.5) is 11.4 Å². The number of nitrogens with one attached hydrogen (secondary N) is 1. The summed E-state index contributed by atoms with van der Waals surface area (Å²) in [5.74, 6) is -0.471. The van der Waals surface area contributed by atoms with Crippen molar-refractivity contribution in [2.24, 2.45) is 0 Å². The Kier molecular flexibility index (Phi) is 6.94. The Morgan fingerprint density at radius 1 is 0.839 bits per heavy atom. The maximum Gasteiger partial charge on any atom is 0.264 e. The summed E-state index contributed by atoms with van der Waals surface area (Å²) in [4.78, 5) is 12.9. The van der Waals surface area contributed by atoms with Gasteiger partial charge in [0.1, 0.15) is 6.54 Å². The van der Waals surface area contributed by atoms with Crippen LogP contribution in [0.5, 0.6) is 0 Å². The Labute approximate surface area is 192 Å². The summed E-state index contributed by atoms with van der Waals surface area (Å²) >= 11 is 11.9. The number of anilines is 2. The van der Waals surface area contributed by atoms with Crippen LogP contribution >= 0.6 is 23.2 Å². The highest BCUT2D eigenvalue weighted by atomic mass is 35.5. The molecule has 0 saturated carbocycles. The summed E-state index contributed by atoms with van der Waals surface area (Å²) in [6, 6.07) is 16.2. The number of carbonyl (C=O) groups is 1. The number of hydrogen-bond acceptors (Lipinski definition) is 3. The van der Waals surface area contributed by atoms with E-state index in [1.165, 1.54) is 24.3 Å². The molecule has 8 heteroatoms. The van der Waals surface area contributed by atoms with E-state index in [1.54, 1.807) is 30.3 Å². The number of carbonyl (C=O) groups excluding carboxylic acids is 1. The fourth-order valence-electron chi connectivity index (χ4n) is 3.02. The van der Waals surface area contributed by atoms with E-state index in [0.717, 1.165) is 21.0 Å². The van der Waals surface area contributed by atoms with Crippen molar-refractivity contribution in [1.29, 1.82) is 0 Å². The van der Waals surface area contributed by atoms with Crippen LogP contribution < -0.4 is 9.62 Å². The smallest absolute Gasteiger partial charge is 0.264 e. The van der Waals surface area contributed by atoms with Crippen molar-refractivity contribution in [2.45, 2.75) is 25.7 Å². The predicted octanol–water partition coefficient (Wildman–Crippen LogP) is 5.75. The van der Waals surface area contributed by atoms with Crippen molar-refractivity contribution in [3.63, 3.8) is 0 Å². The van der Waals surface area contributed by atoms with Crippen molar-refractivity contribution < 1.29 is 13.2 Å². The van der Waals surface area contributed by atoms with Gasteiger partial charge in [0, 0.05) is 15.7 Å². The largest absolute Gasteiger partial charge is 0.324 e. The second kappa shape index (κ2) is 9.30. The van der Waals surface area contributed by atoms with Gasteiger partial charge in [-0.3, -0.25) is 9.10 Å². The number of benzene rings is 3. The molecule has 3 rings (SSSR count). The quantitative estimate of drug-likeness (QED) is 0.492. The van der Waals surface area contributed by atoms with Crippen LogP contribution in [0.15, 0.2) is 65.6 Å². The molecule has 162 valence electrons. The predicted molar refractivity (Wildman–Crippen MR) is 127 cm³/mol. The maximum absolute atomic E-state index is 13.4. The van der Waals surface area contributed by atoms with E-state index < -0.39 is 22.5 Å². The average Bonchev–Trinajstić information content (AvgIpc) is 2.71. The van der Waals surface area contributed by atoms with Gasteiger partial charge in [-0.25, -0.2) is 8.42 Å². The molecular weight excluding hydrogens is 455 g/mol. The van der Waals surface area contributed by atoms with Gasteiger partial charge >= 0.3 is 0 Å². The van der Waals surface area contributed by atoms with E-state index in [-0.39, 0.29) is 4.90 Å². The van der Waals surface area contributed by atoms with Crippen molar-refractivity contribution in [3.05, 3.63) is 87.4 Å². The van der Waals surface area contributed by atoms with Crippen molar-refractivity contribution in [1.82, 2.24) is 0 Å². The Hall–Kier alpha value is -2.54. The number of hydrogen-bond donors (Lipinski definition) is 1. The molecule has 5 nitrogen and oxygen atoms in total. The van der Waals surface area contributed by atoms with Crippen molar-refractivity contribution in [2.75, 3.05) is 16.2 Å². The molecule has 0 unspecified atom stereocenters. The van der Waals surface area contributed by atoms with Crippen LogP contribution in [-0.2, 0) is 14.8 Å². The Morgan fingerprint density at radius 3 is 2.10 bits per heavy atom. The number of halogens is 2. The summed E-state index contributed by atoms with van der Waals surface area (Å²) in [6.07, 6.45) is 0. The zero-order valence-electron chi connectivity index (χ0n) is 17.3. The van der Waals surface area contributed by atoms with E-state index in [4.69, 9.17) is 23.2 Å². The van der Waals surface area contributed by atoms with Crippen LogP contribution in [0.25, 0.3) is 0 Å². The maximum atomic E-state index is 13.4. The molecule has 0 bridgehead atoms. The fraction of sp³-hybridized carbons (Fsp3) is 0.174. The minimum absolute atomic E-state index is 0.0469. The Bertz CT molecular complexity index is 1230. The second-order valence-corrected chi connectivity index (χ2v) is 9.98. The summed E-state index contributed by atoms with van der Waals surface area (Å²) in [7, 11) is -4.01. The van der Waals surface area contributed by atoms with E-state index in [1.807, 2.05) is 26.8 Å².